The number of aromatic nitrogens is 2. The van der Waals surface area contributed by atoms with Crippen LogP contribution in [0.1, 0.15) is 74.2 Å². The van der Waals surface area contributed by atoms with Gasteiger partial charge in [-0.25, -0.2) is 13.6 Å². The van der Waals surface area contributed by atoms with E-state index in [4.69, 9.17) is 40.9 Å². The van der Waals surface area contributed by atoms with Gasteiger partial charge in [0.25, 0.3) is 0 Å². The molecule has 11 nitrogen and oxygen atoms in total. The van der Waals surface area contributed by atoms with Gasteiger partial charge in [0.05, 0.1) is 32.6 Å². The zero-order valence-electron chi connectivity index (χ0n) is 30.1. The Hall–Kier alpha value is -4.29. The molecule has 0 amide bonds. The Morgan fingerprint density at radius 1 is 1.23 bits per heavy atom. The molecule has 4 aliphatic rings. The van der Waals surface area contributed by atoms with Gasteiger partial charge in [-0.1, -0.05) is 32.0 Å². The molecule has 1 atom stereocenters. The Morgan fingerprint density at radius 3 is 2.66 bits per heavy atom. The van der Waals surface area contributed by atoms with Crippen LogP contribution in [0.25, 0.3) is 22.8 Å². The summed E-state index contributed by atoms with van der Waals surface area (Å²) in [6.45, 7) is 13.9. The number of allylic oxidation sites excluding steroid dienone is 1. The van der Waals surface area contributed by atoms with Crippen molar-refractivity contribution in [3.8, 4) is 12.1 Å². The molecule has 3 fully saturated rings. The number of hydrogen-bond acceptors (Lipinski definition) is 12. The van der Waals surface area contributed by atoms with Crippen molar-refractivity contribution in [1.29, 1.82) is 5.26 Å². The highest BCUT2D eigenvalue weighted by molar-refractivity contribution is 7.14. The molecule has 7 heterocycles. The molecule has 0 radical (unpaired) electrons. The van der Waals surface area contributed by atoms with E-state index in [2.05, 4.69) is 21.3 Å². The van der Waals surface area contributed by atoms with E-state index in [1.807, 2.05) is 19.9 Å². The number of nitrogens with zero attached hydrogens (tertiary/aromatic N) is 6. The zero-order chi connectivity index (χ0) is 37.6. The molecule has 0 spiro atoms. The van der Waals surface area contributed by atoms with Crippen molar-refractivity contribution in [1.82, 2.24) is 19.8 Å². The average Bonchev–Trinajstić information content (AvgIpc) is 3.88. The second kappa shape index (κ2) is 14.9. The number of halogens is 3. The summed E-state index contributed by atoms with van der Waals surface area (Å²) in [5.41, 5.74) is 6.73. The Labute approximate surface area is 314 Å². The quantitative estimate of drug-likeness (QED) is 0.253. The smallest absolute Gasteiger partial charge is 0.461 e. The summed E-state index contributed by atoms with van der Waals surface area (Å²) in [5.74, 6) is -0.665. The fourth-order valence-corrected chi connectivity index (χ4v) is 9.66. The number of piperazine rings is 1. The predicted molar refractivity (Wildman–Crippen MR) is 202 cm³/mol. The third-order valence-electron chi connectivity index (χ3n) is 10.9. The van der Waals surface area contributed by atoms with Gasteiger partial charge in [0.2, 0.25) is 0 Å². The number of rotatable bonds is 7. The lowest BCUT2D eigenvalue weighted by atomic mass is 9.95. The molecule has 0 aliphatic carbocycles. The largest absolute Gasteiger partial charge is 0.519 e. The maximum atomic E-state index is 17.1. The molecule has 8 rings (SSSR count). The van der Waals surface area contributed by atoms with Crippen molar-refractivity contribution in [3.63, 3.8) is 0 Å². The molecular formula is C38H42ClF2N7O4S. The third-order valence-corrected chi connectivity index (χ3v) is 12.4. The minimum absolute atomic E-state index is 0.0227. The fourth-order valence-electron chi connectivity index (χ4n) is 8.41. The first-order valence-corrected chi connectivity index (χ1v) is 19.3. The van der Waals surface area contributed by atoms with Crippen LogP contribution in [0.2, 0.25) is 5.02 Å². The summed E-state index contributed by atoms with van der Waals surface area (Å²) in [4.78, 5) is 28.2. The third kappa shape index (κ3) is 6.51. The van der Waals surface area contributed by atoms with Gasteiger partial charge >= 0.3 is 11.8 Å². The van der Waals surface area contributed by atoms with Gasteiger partial charge in [-0.3, -0.25) is 9.80 Å². The van der Waals surface area contributed by atoms with Crippen molar-refractivity contribution in [2.45, 2.75) is 77.4 Å². The number of thiophene rings is 1. The summed E-state index contributed by atoms with van der Waals surface area (Å²) in [6.07, 6.45) is 7.76. The lowest BCUT2D eigenvalue weighted by molar-refractivity contribution is 0.107. The lowest BCUT2D eigenvalue weighted by Gasteiger charge is -2.41. The second-order valence-corrected chi connectivity index (χ2v) is 15.2. The Bertz CT molecular complexity index is 2310. The van der Waals surface area contributed by atoms with Crippen molar-refractivity contribution in [2.24, 2.45) is 0 Å². The van der Waals surface area contributed by atoms with Gasteiger partial charge in [-0.15, -0.1) is 11.3 Å². The summed E-state index contributed by atoms with van der Waals surface area (Å²) in [5, 5.41) is 10.8. The fraction of sp³-hybridized carbons (Fsp3) is 0.474. The maximum Gasteiger partial charge on any atom is 0.519 e. The number of nitrogen functional groups attached to an aromatic ring is 1. The van der Waals surface area contributed by atoms with E-state index in [0.29, 0.717) is 73.9 Å². The molecule has 2 N–H and O–H groups in total. The summed E-state index contributed by atoms with van der Waals surface area (Å²) < 4.78 is 48.9. The minimum Gasteiger partial charge on any atom is -0.461 e. The van der Waals surface area contributed by atoms with Crippen molar-refractivity contribution < 1.29 is 22.4 Å². The van der Waals surface area contributed by atoms with Crippen LogP contribution in [0.4, 0.5) is 19.6 Å². The van der Waals surface area contributed by atoms with Crippen LogP contribution in [-0.2, 0) is 13.0 Å². The van der Waals surface area contributed by atoms with E-state index < -0.39 is 17.5 Å². The first-order chi connectivity index (χ1) is 25.6. The summed E-state index contributed by atoms with van der Waals surface area (Å²) in [7, 11) is 0. The van der Waals surface area contributed by atoms with E-state index in [9.17, 15) is 10.1 Å². The standard InChI is InChI=1S/C36H36ClF2N7O4S.C2H6/c1-3-25(38)31-22(24(15-40)32(41)51-31)14-23-28(37)21-7-6-20-16-44(17-26-19(2)49-35(47)50-26)12-13-46(20)33-27(21)30(29(23)39)42-34(43-33)48-18-36-8-4-10-45(36)11-5-9-36;1-2/h3,14,20H,1,4-13,16-18,41H2,2H3;1-2H3/b22-14+,31-25-;. The van der Waals surface area contributed by atoms with Gasteiger partial charge in [0, 0.05) is 36.5 Å². The van der Waals surface area contributed by atoms with Gasteiger partial charge in [0.15, 0.2) is 11.6 Å². The molecule has 1 aromatic carbocycles. The molecule has 53 heavy (non-hydrogen) atoms. The summed E-state index contributed by atoms with van der Waals surface area (Å²) >= 11 is 8.00. The highest BCUT2D eigenvalue weighted by Gasteiger charge is 2.45. The SMILES string of the molecule is C=C/C(F)=c1/sc(N)c(C#N)/c1=C\c1c(Cl)c2c3c(nc(OCC45CCCN4CCC5)nc3c1F)N1CCN(Cc3oc(=O)oc3C)CC1CC2.CC. The predicted octanol–water partition coefficient (Wildman–Crippen LogP) is 5.56. The van der Waals surface area contributed by atoms with Gasteiger partial charge < -0.3 is 24.2 Å². The van der Waals surface area contributed by atoms with Crippen molar-refractivity contribution >= 4 is 56.6 Å². The molecule has 0 saturated carbocycles. The summed E-state index contributed by atoms with van der Waals surface area (Å²) in [6, 6.07) is 2.06. The second-order valence-electron chi connectivity index (χ2n) is 13.7. The number of nitrogens with two attached hydrogens (primary N) is 1. The normalized spacial score (nSPS) is 20.4. The number of hydrogen-bond donors (Lipinski definition) is 1. The van der Waals surface area contributed by atoms with Gasteiger partial charge in [-0.05, 0) is 76.3 Å². The Morgan fingerprint density at radius 2 is 1.98 bits per heavy atom. The van der Waals surface area contributed by atoms with Crippen LogP contribution in [0.3, 0.4) is 0 Å². The molecular weight excluding hydrogens is 724 g/mol. The minimum atomic E-state index is -0.728. The van der Waals surface area contributed by atoms with Crippen LogP contribution < -0.4 is 30.9 Å². The average molecular weight is 766 g/mol. The van der Waals surface area contributed by atoms with E-state index in [1.165, 1.54) is 6.08 Å². The highest BCUT2D eigenvalue weighted by Crippen LogP contribution is 2.43. The number of anilines is 2. The zero-order valence-corrected chi connectivity index (χ0v) is 31.6. The highest BCUT2D eigenvalue weighted by atomic mass is 35.5. The molecule has 280 valence electrons. The molecule has 3 aromatic heterocycles. The molecule has 1 unspecified atom stereocenters. The molecule has 4 aliphatic heterocycles. The first-order valence-electron chi connectivity index (χ1n) is 18.1. The molecule has 15 heteroatoms. The first kappa shape index (κ1) is 37.0. The van der Waals surface area contributed by atoms with Crippen LogP contribution in [0, 0.1) is 24.1 Å². The van der Waals surface area contributed by atoms with Crippen molar-refractivity contribution in [2.75, 3.05) is 50.0 Å². The van der Waals surface area contributed by atoms with Crippen LogP contribution >= 0.6 is 22.9 Å². The molecule has 3 saturated heterocycles. The van der Waals surface area contributed by atoms with Crippen LogP contribution in [-0.4, -0.2) is 70.7 Å². The number of aryl methyl sites for hydroxylation is 2. The van der Waals surface area contributed by atoms with E-state index in [1.54, 1.807) is 6.92 Å². The van der Waals surface area contributed by atoms with Crippen LogP contribution in [0.15, 0.2) is 26.3 Å². The van der Waals surface area contributed by atoms with Crippen molar-refractivity contribution in [3.05, 3.63) is 72.1 Å². The lowest BCUT2D eigenvalue weighted by Crippen LogP contribution is -2.53. The number of nitriles is 1. The Kier molecular flexibility index (Phi) is 10.4. The monoisotopic (exact) mass is 765 g/mol. The van der Waals surface area contributed by atoms with E-state index >= 15 is 8.78 Å². The molecule has 4 aromatic rings. The number of benzene rings is 1. The maximum absolute atomic E-state index is 17.1. The van der Waals surface area contributed by atoms with E-state index in [-0.39, 0.29) is 54.0 Å². The molecule has 0 bridgehead atoms. The van der Waals surface area contributed by atoms with E-state index in [0.717, 1.165) is 56.2 Å². The topological polar surface area (TPSA) is 138 Å². The van der Waals surface area contributed by atoms with Gasteiger partial charge in [-0.2, -0.15) is 15.2 Å². The number of ether oxygens (including phenoxy) is 1. The Balaban J connectivity index is 0.00000214. The van der Waals surface area contributed by atoms with Crippen LogP contribution in [0.5, 0.6) is 6.01 Å². The number of fused-ring (bicyclic) bond motifs is 3. The van der Waals surface area contributed by atoms with Gasteiger partial charge in [0.1, 0.15) is 40.6 Å².